The second kappa shape index (κ2) is 7.87. The normalized spacial score (nSPS) is 14.4. The van der Waals surface area contributed by atoms with E-state index >= 15 is 0 Å². The van der Waals surface area contributed by atoms with Gasteiger partial charge in [-0.05, 0) is 41.6 Å². The van der Waals surface area contributed by atoms with Crippen molar-refractivity contribution in [2.24, 2.45) is 5.92 Å². The van der Waals surface area contributed by atoms with Crippen LogP contribution in [0.25, 0.3) is 10.9 Å². The number of carboxylic acid groups (broad SMARTS) is 1. The van der Waals surface area contributed by atoms with Gasteiger partial charge in [0.15, 0.2) is 0 Å². The smallest absolute Gasteiger partial charge is 0.404 e. The first-order valence-corrected chi connectivity index (χ1v) is 9.62. The first-order chi connectivity index (χ1) is 14.0. The van der Waals surface area contributed by atoms with Crippen molar-refractivity contribution in [2.45, 2.75) is 19.5 Å². The maximum atomic E-state index is 13.2. The summed E-state index contributed by atoms with van der Waals surface area (Å²) >= 11 is 0. The fourth-order valence-electron chi connectivity index (χ4n) is 3.98. The van der Waals surface area contributed by atoms with E-state index in [0.29, 0.717) is 26.1 Å². The number of fused-ring (bicyclic) bond motifs is 3. The predicted octanol–water partition coefficient (Wildman–Crippen LogP) is 2.82. The Bertz CT molecular complexity index is 1040. The zero-order chi connectivity index (χ0) is 20.4. The molecule has 150 valence electrons. The van der Waals surface area contributed by atoms with Crippen LogP contribution in [0.3, 0.4) is 0 Å². The maximum absolute atomic E-state index is 13.2. The van der Waals surface area contributed by atoms with Crippen LogP contribution in [0.4, 0.5) is 4.79 Å². The summed E-state index contributed by atoms with van der Waals surface area (Å²) in [4.78, 5) is 26.0. The molecule has 0 saturated carbocycles. The molecule has 0 spiro atoms. The number of amides is 2. The Morgan fingerprint density at radius 3 is 2.59 bits per heavy atom. The molecule has 1 aliphatic rings. The van der Waals surface area contributed by atoms with E-state index < -0.39 is 12.0 Å². The van der Waals surface area contributed by atoms with Gasteiger partial charge < -0.3 is 25.0 Å². The van der Waals surface area contributed by atoms with E-state index in [9.17, 15) is 14.7 Å². The number of rotatable bonds is 5. The number of aromatic nitrogens is 1. The monoisotopic (exact) mass is 393 g/mol. The molecular weight excluding hydrogens is 370 g/mol. The Morgan fingerprint density at radius 1 is 1.07 bits per heavy atom. The lowest BCUT2D eigenvalue weighted by Crippen LogP contribution is -2.45. The number of aromatic hydroxyl groups is 1. The molecule has 29 heavy (non-hydrogen) atoms. The molecule has 1 aromatic heterocycles. The van der Waals surface area contributed by atoms with Gasteiger partial charge in [-0.25, -0.2) is 4.79 Å². The molecule has 2 amide bonds. The van der Waals surface area contributed by atoms with E-state index in [2.05, 4.69) is 28.1 Å². The van der Waals surface area contributed by atoms with Crippen molar-refractivity contribution in [3.05, 3.63) is 65.9 Å². The fourth-order valence-corrected chi connectivity index (χ4v) is 3.98. The van der Waals surface area contributed by atoms with Gasteiger partial charge in [0.25, 0.3) is 0 Å². The van der Waals surface area contributed by atoms with Gasteiger partial charge in [-0.2, -0.15) is 0 Å². The van der Waals surface area contributed by atoms with Crippen LogP contribution >= 0.6 is 0 Å². The van der Waals surface area contributed by atoms with E-state index in [-0.39, 0.29) is 18.2 Å². The number of para-hydroxylation sites is 1. The Hall–Kier alpha value is -3.48. The standard InChI is InChI=1S/C22H23N3O4/c26-19-7-5-15(6-8-19)11-17(13-23-22(28)29)21(27)24-9-10-25-18(14-24)12-16-3-1-2-4-20(16)25/h1-8,12,17,23,26H,9-11,13-14H2,(H,28,29). The van der Waals surface area contributed by atoms with Gasteiger partial charge in [-0.3, -0.25) is 4.79 Å². The molecule has 2 heterocycles. The lowest BCUT2D eigenvalue weighted by molar-refractivity contribution is -0.136. The third kappa shape index (κ3) is 4.03. The number of phenolic OH excluding ortho intramolecular Hbond substituents is 1. The molecule has 0 bridgehead atoms. The molecule has 7 heteroatoms. The maximum Gasteiger partial charge on any atom is 0.404 e. The van der Waals surface area contributed by atoms with Gasteiger partial charge in [-0.1, -0.05) is 30.3 Å². The third-order valence-electron chi connectivity index (χ3n) is 5.42. The molecule has 2 aromatic carbocycles. The average Bonchev–Trinajstić information content (AvgIpc) is 3.09. The highest BCUT2D eigenvalue weighted by Gasteiger charge is 2.28. The summed E-state index contributed by atoms with van der Waals surface area (Å²) in [5.74, 6) is -0.418. The quantitative estimate of drug-likeness (QED) is 0.621. The number of benzene rings is 2. The fraction of sp³-hybridized carbons (Fsp3) is 0.273. The summed E-state index contributed by atoms with van der Waals surface area (Å²) in [6.45, 7) is 1.86. The molecule has 3 N–H and O–H groups in total. The van der Waals surface area contributed by atoms with E-state index in [0.717, 1.165) is 16.6 Å². The van der Waals surface area contributed by atoms with Crippen LogP contribution in [0.15, 0.2) is 54.6 Å². The lowest BCUT2D eigenvalue weighted by Gasteiger charge is -2.32. The van der Waals surface area contributed by atoms with Crippen molar-refractivity contribution in [3.63, 3.8) is 0 Å². The first kappa shape index (κ1) is 18.9. The largest absolute Gasteiger partial charge is 0.508 e. The highest BCUT2D eigenvalue weighted by atomic mass is 16.4. The van der Waals surface area contributed by atoms with Crippen molar-refractivity contribution >= 4 is 22.9 Å². The Balaban J connectivity index is 1.53. The van der Waals surface area contributed by atoms with Gasteiger partial charge in [0.05, 0.1) is 12.5 Å². The SMILES string of the molecule is O=C(O)NCC(Cc1ccc(O)cc1)C(=O)N1CCn2c(cc3ccccc32)C1. The highest BCUT2D eigenvalue weighted by molar-refractivity contribution is 5.83. The van der Waals surface area contributed by atoms with Crippen LogP contribution in [0.5, 0.6) is 5.75 Å². The van der Waals surface area contributed by atoms with Gasteiger partial charge in [0, 0.05) is 30.8 Å². The summed E-state index contributed by atoms with van der Waals surface area (Å²) in [6, 6.07) is 16.9. The van der Waals surface area contributed by atoms with Crippen LogP contribution in [0.1, 0.15) is 11.3 Å². The summed E-state index contributed by atoms with van der Waals surface area (Å²) in [6.07, 6.45) is -0.744. The molecule has 1 unspecified atom stereocenters. The van der Waals surface area contributed by atoms with Crippen molar-refractivity contribution in [2.75, 3.05) is 13.1 Å². The van der Waals surface area contributed by atoms with Crippen LogP contribution < -0.4 is 5.32 Å². The van der Waals surface area contributed by atoms with Gasteiger partial charge in [-0.15, -0.1) is 0 Å². The minimum Gasteiger partial charge on any atom is -0.508 e. The molecule has 0 radical (unpaired) electrons. The zero-order valence-electron chi connectivity index (χ0n) is 15.9. The molecule has 0 fully saturated rings. The average molecular weight is 393 g/mol. The van der Waals surface area contributed by atoms with Crippen molar-refractivity contribution < 1.29 is 19.8 Å². The van der Waals surface area contributed by atoms with Crippen molar-refractivity contribution in [1.29, 1.82) is 0 Å². The van der Waals surface area contributed by atoms with E-state index in [1.807, 2.05) is 17.0 Å². The van der Waals surface area contributed by atoms with Crippen LogP contribution in [-0.4, -0.2) is 44.8 Å². The number of carbonyl (C=O) groups is 2. The number of carbonyl (C=O) groups excluding carboxylic acids is 1. The van der Waals surface area contributed by atoms with Crippen molar-refractivity contribution in [3.8, 4) is 5.75 Å². The highest BCUT2D eigenvalue weighted by Crippen LogP contribution is 2.25. The number of phenols is 1. The Labute approximate surface area is 168 Å². The molecule has 4 rings (SSSR count). The molecule has 1 atom stereocenters. The summed E-state index contributed by atoms with van der Waals surface area (Å²) in [7, 11) is 0. The van der Waals surface area contributed by atoms with Crippen LogP contribution in [0, 0.1) is 5.92 Å². The van der Waals surface area contributed by atoms with Crippen LogP contribution in [0.2, 0.25) is 0 Å². The summed E-state index contributed by atoms with van der Waals surface area (Å²) < 4.78 is 2.24. The summed E-state index contributed by atoms with van der Waals surface area (Å²) in [5.41, 5.74) is 3.13. The number of nitrogens with zero attached hydrogens (tertiary/aromatic N) is 2. The van der Waals surface area contributed by atoms with Crippen molar-refractivity contribution in [1.82, 2.24) is 14.8 Å². The lowest BCUT2D eigenvalue weighted by atomic mass is 9.97. The molecule has 0 saturated heterocycles. The summed E-state index contributed by atoms with van der Waals surface area (Å²) in [5, 5.41) is 22.0. The van der Waals surface area contributed by atoms with Gasteiger partial charge in [0.2, 0.25) is 5.91 Å². The van der Waals surface area contributed by atoms with Gasteiger partial charge in [0.1, 0.15) is 5.75 Å². The molecule has 0 aliphatic carbocycles. The molecular formula is C22H23N3O4. The molecule has 1 aliphatic heterocycles. The number of nitrogens with one attached hydrogen (secondary N) is 1. The van der Waals surface area contributed by atoms with E-state index in [1.54, 1.807) is 24.3 Å². The minimum absolute atomic E-state index is 0.0501. The van der Waals surface area contributed by atoms with Crippen LogP contribution in [-0.2, 0) is 24.3 Å². The number of hydrogen-bond acceptors (Lipinski definition) is 3. The van der Waals surface area contributed by atoms with E-state index in [1.165, 1.54) is 5.52 Å². The van der Waals surface area contributed by atoms with E-state index in [4.69, 9.17) is 5.11 Å². The van der Waals surface area contributed by atoms with Gasteiger partial charge >= 0.3 is 6.09 Å². The molecule has 7 nitrogen and oxygen atoms in total. The molecule has 3 aromatic rings. The second-order valence-electron chi connectivity index (χ2n) is 7.36. The Kier molecular flexibility index (Phi) is 5.12. The first-order valence-electron chi connectivity index (χ1n) is 9.62. The zero-order valence-corrected chi connectivity index (χ0v) is 15.9. The number of hydrogen-bond donors (Lipinski definition) is 3. The topological polar surface area (TPSA) is 94.8 Å². The minimum atomic E-state index is -1.15. The predicted molar refractivity (Wildman–Crippen MR) is 109 cm³/mol. The Morgan fingerprint density at radius 2 is 1.83 bits per heavy atom. The second-order valence-corrected chi connectivity index (χ2v) is 7.36. The third-order valence-corrected chi connectivity index (χ3v) is 5.42.